The van der Waals surface area contributed by atoms with E-state index in [9.17, 15) is 4.79 Å². The van der Waals surface area contributed by atoms with E-state index in [1.807, 2.05) is 18.2 Å². The number of rotatable bonds is 4. The zero-order valence-corrected chi connectivity index (χ0v) is 8.42. The maximum absolute atomic E-state index is 10.4. The van der Waals surface area contributed by atoms with E-state index in [4.69, 9.17) is 4.74 Å². The number of cyclic esters (lactones) is 1. The van der Waals surface area contributed by atoms with Crippen molar-refractivity contribution in [3.63, 3.8) is 0 Å². The summed E-state index contributed by atoms with van der Waals surface area (Å²) in [7, 11) is 0. The first-order valence-corrected chi connectivity index (χ1v) is 5.43. The second-order valence-electron chi connectivity index (χ2n) is 2.94. The smallest absolute Gasteiger partial charge is 0.339 e. The number of benzene rings is 1. The van der Waals surface area contributed by atoms with Crippen molar-refractivity contribution < 1.29 is 9.53 Å². The molecule has 1 aromatic carbocycles. The fourth-order valence-corrected chi connectivity index (χ4v) is 2.06. The Bertz CT molecular complexity index is 357. The molecule has 1 aromatic rings. The SMILES string of the molecule is O=C1C=C(CCSc2ccccc2)O1. The van der Waals surface area contributed by atoms with Crippen molar-refractivity contribution in [1.29, 1.82) is 0 Å². The second-order valence-corrected chi connectivity index (χ2v) is 4.11. The molecular formula is C11H10O2S. The lowest BCUT2D eigenvalue weighted by Gasteiger charge is -2.13. The fraction of sp³-hybridized carbons (Fsp3) is 0.182. The largest absolute Gasteiger partial charge is 0.428 e. The van der Waals surface area contributed by atoms with Crippen LogP contribution >= 0.6 is 11.8 Å². The summed E-state index contributed by atoms with van der Waals surface area (Å²) in [5, 5.41) is 0. The Hall–Kier alpha value is -1.22. The third-order valence-corrected chi connectivity index (χ3v) is 2.88. The topological polar surface area (TPSA) is 26.3 Å². The highest BCUT2D eigenvalue weighted by atomic mass is 32.2. The van der Waals surface area contributed by atoms with Crippen LogP contribution in [0.4, 0.5) is 0 Å². The van der Waals surface area contributed by atoms with Gasteiger partial charge in [-0.2, -0.15) is 0 Å². The van der Waals surface area contributed by atoms with E-state index in [1.54, 1.807) is 17.8 Å². The van der Waals surface area contributed by atoms with Gasteiger partial charge < -0.3 is 4.74 Å². The van der Waals surface area contributed by atoms with Crippen LogP contribution in [-0.2, 0) is 9.53 Å². The molecule has 0 aliphatic carbocycles. The van der Waals surface area contributed by atoms with Gasteiger partial charge in [-0.25, -0.2) is 4.79 Å². The van der Waals surface area contributed by atoms with Crippen LogP contribution in [0.2, 0.25) is 0 Å². The lowest BCUT2D eigenvalue weighted by atomic mass is 10.3. The van der Waals surface area contributed by atoms with E-state index >= 15 is 0 Å². The van der Waals surface area contributed by atoms with Crippen LogP contribution in [-0.4, -0.2) is 11.7 Å². The number of esters is 1. The highest BCUT2D eigenvalue weighted by Crippen LogP contribution is 2.22. The van der Waals surface area contributed by atoms with Crippen LogP contribution in [0.15, 0.2) is 47.1 Å². The van der Waals surface area contributed by atoms with Crippen molar-refractivity contribution >= 4 is 17.7 Å². The predicted molar refractivity (Wildman–Crippen MR) is 56.0 cm³/mol. The van der Waals surface area contributed by atoms with Gasteiger partial charge >= 0.3 is 5.97 Å². The molecule has 0 aromatic heterocycles. The molecule has 0 fully saturated rings. The van der Waals surface area contributed by atoms with Crippen molar-refractivity contribution in [2.24, 2.45) is 0 Å². The van der Waals surface area contributed by atoms with Crippen molar-refractivity contribution in [2.75, 3.05) is 5.75 Å². The van der Waals surface area contributed by atoms with Crippen molar-refractivity contribution in [3.8, 4) is 0 Å². The number of allylic oxidation sites excluding steroid dienone is 1. The second kappa shape index (κ2) is 4.33. The Morgan fingerprint density at radius 3 is 2.57 bits per heavy atom. The maximum Gasteiger partial charge on any atom is 0.339 e. The average Bonchev–Trinajstić information content (AvgIpc) is 2.17. The summed E-state index contributed by atoms with van der Waals surface area (Å²) in [6.07, 6.45) is 2.37. The zero-order valence-electron chi connectivity index (χ0n) is 7.60. The number of ether oxygens (including phenoxy) is 1. The first-order valence-electron chi connectivity index (χ1n) is 4.45. The fourth-order valence-electron chi connectivity index (χ4n) is 1.17. The van der Waals surface area contributed by atoms with Gasteiger partial charge in [0.05, 0.1) is 6.08 Å². The monoisotopic (exact) mass is 206 g/mol. The summed E-state index contributed by atoms with van der Waals surface area (Å²) in [5.41, 5.74) is 0. The van der Waals surface area contributed by atoms with Gasteiger partial charge in [0, 0.05) is 17.1 Å². The first-order chi connectivity index (χ1) is 6.84. The van der Waals surface area contributed by atoms with E-state index in [0.717, 1.165) is 17.9 Å². The van der Waals surface area contributed by atoms with E-state index in [1.165, 1.54) is 4.90 Å². The number of hydrogen-bond donors (Lipinski definition) is 0. The summed E-state index contributed by atoms with van der Waals surface area (Å²) < 4.78 is 4.79. The average molecular weight is 206 g/mol. The Morgan fingerprint density at radius 1 is 1.21 bits per heavy atom. The number of hydrogen-bond acceptors (Lipinski definition) is 3. The van der Waals surface area contributed by atoms with Gasteiger partial charge in [-0.15, -0.1) is 11.8 Å². The minimum Gasteiger partial charge on any atom is -0.428 e. The van der Waals surface area contributed by atoms with Gasteiger partial charge in [-0.05, 0) is 12.1 Å². The van der Waals surface area contributed by atoms with Crippen molar-refractivity contribution in [1.82, 2.24) is 0 Å². The lowest BCUT2D eigenvalue weighted by Crippen LogP contribution is -2.12. The van der Waals surface area contributed by atoms with Gasteiger partial charge in [-0.1, -0.05) is 18.2 Å². The Morgan fingerprint density at radius 2 is 1.93 bits per heavy atom. The van der Waals surface area contributed by atoms with Crippen LogP contribution < -0.4 is 0 Å². The number of thioether (sulfide) groups is 1. The third kappa shape index (κ3) is 2.39. The van der Waals surface area contributed by atoms with Gasteiger partial charge in [0.15, 0.2) is 0 Å². The minimum absolute atomic E-state index is 0.218. The van der Waals surface area contributed by atoms with Crippen molar-refractivity contribution in [2.45, 2.75) is 11.3 Å². The Balaban J connectivity index is 1.74. The normalized spacial score (nSPS) is 14.3. The Kier molecular flexibility index (Phi) is 2.89. The summed E-state index contributed by atoms with van der Waals surface area (Å²) in [6.45, 7) is 0. The van der Waals surface area contributed by atoms with Crippen LogP contribution in [0.1, 0.15) is 6.42 Å². The molecule has 0 unspecified atom stereocenters. The molecule has 0 spiro atoms. The molecule has 2 rings (SSSR count). The molecule has 0 amide bonds. The van der Waals surface area contributed by atoms with Crippen LogP contribution in [0, 0.1) is 0 Å². The number of carbonyl (C=O) groups excluding carboxylic acids is 1. The molecule has 0 atom stereocenters. The summed E-state index contributed by atoms with van der Waals surface area (Å²) in [6, 6.07) is 10.2. The maximum atomic E-state index is 10.4. The van der Waals surface area contributed by atoms with Crippen LogP contribution in [0.5, 0.6) is 0 Å². The molecule has 72 valence electrons. The van der Waals surface area contributed by atoms with Crippen LogP contribution in [0.25, 0.3) is 0 Å². The van der Waals surface area contributed by atoms with E-state index in [0.29, 0.717) is 0 Å². The summed E-state index contributed by atoms with van der Waals surface area (Å²) in [5.74, 6) is 1.53. The molecule has 1 heterocycles. The highest BCUT2D eigenvalue weighted by molar-refractivity contribution is 7.99. The molecule has 0 saturated heterocycles. The van der Waals surface area contributed by atoms with Crippen LogP contribution in [0.3, 0.4) is 0 Å². The molecule has 3 heteroatoms. The molecule has 0 saturated carbocycles. The van der Waals surface area contributed by atoms with Gasteiger partial charge in [0.25, 0.3) is 0 Å². The van der Waals surface area contributed by atoms with E-state index < -0.39 is 0 Å². The summed E-state index contributed by atoms with van der Waals surface area (Å²) >= 11 is 1.77. The Labute approximate surface area is 87.0 Å². The van der Waals surface area contributed by atoms with Gasteiger partial charge in [-0.3, -0.25) is 0 Å². The lowest BCUT2D eigenvalue weighted by molar-refractivity contribution is -0.138. The standard InChI is InChI=1S/C11H10O2S/c12-11-8-9(13-11)6-7-14-10-4-2-1-3-5-10/h1-5,8H,6-7H2. The molecule has 1 aliphatic heterocycles. The summed E-state index contributed by atoms with van der Waals surface area (Å²) in [4.78, 5) is 11.7. The predicted octanol–water partition coefficient (Wildman–Crippen LogP) is 2.61. The molecule has 14 heavy (non-hydrogen) atoms. The first kappa shape index (κ1) is 9.34. The molecular weight excluding hydrogens is 196 g/mol. The molecule has 0 bridgehead atoms. The van der Waals surface area contributed by atoms with E-state index in [-0.39, 0.29) is 5.97 Å². The minimum atomic E-state index is -0.218. The molecule has 1 aliphatic rings. The van der Waals surface area contributed by atoms with E-state index in [2.05, 4.69) is 12.1 Å². The highest BCUT2D eigenvalue weighted by Gasteiger charge is 2.15. The molecule has 2 nitrogen and oxygen atoms in total. The van der Waals surface area contributed by atoms with Gasteiger partial charge in [0.2, 0.25) is 0 Å². The molecule has 0 radical (unpaired) electrons. The van der Waals surface area contributed by atoms with Gasteiger partial charge in [0.1, 0.15) is 5.76 Å². The molecule has 0 N–H and O–H groups in total. The number of carbonyl (C=O) groups is 1. The van der Waals surface area contributed by atoms with Crippen molar-refractivity contribution in [3.05, 3.63) is 42.2 Å². The third-order valence-electron chi connectivity index (χ3n) is 1.87. The zero-order chi connectivity index (χ0) is 9.80. The quantitative estimate of drug-likeness (QED) is 0.559.